The molecule has 0 rings (SSSR count). The minimum absolute atomic E-state index is 0.171. The highest BCUT2D eigenvalue weighted by Gasteiger charge is 2.17. The molecule has 0 aromatic rings. The first kappa shape index (κ1) is 10.2. The van der Waals surface area contributed by atoms with E-state index in [0.29, 0.717) is 10.7 Å². The van der Waals surface area contributed by atoms with E-state index in [1.54, 1.807) is 0 Å². The summed E-state index contributed by atoms with van der Waals surface area (Å²) in [5.41, 5.74) is 0. The molecule has 0 bridgehead atoms. The lowest BCUT2D eigenvalue weighted by molar-refractivity contribution is -0.111. The van der Waals surface area contributed by atoms with Crippen LogP contribution in [0.4, 0.5) is 0 Å². The van der Waals surface area contributed by atoms with E-state index in [4.69, 9.17) is 0 Å². The van der Waals surface area contributed by atoms with Crippen LogP contribution in [-0.2, 0) is 4.79 Å². The van der Waals surface area contributed by atoms with Gasteiger partial charge >= 0.3 is 0 Å². The maximum atomic E-state index is 10.3. The minimum atomic E-state index is 0.171. The van der Waals surface area contributed by atoms with Gasteiger partial charge in [0.1, 0.15) is 6.29 Å². The van der Waals surface area contributed by atoms with Gasteiger partial charge in [0.25, 0.3) is 0 Å². The summed E-state index contributed by atoms with van der Waals surface area (Å²) in [6.07, 6.45) is 2.11. The number of halogens is 1. The summed E-state index contributed by atoms with van der Waals surface area (Å²) in [6.45, 7) is 6.18. The monoisotopic (exact) mass is 206 g/mol. The van der Waals surface area contributed by atoms with E-state index in [2.05, 4.69) is 29.8 Å². The third-order valence-electron chi connectivity index (χ3n) is 2.00. The molecule has 1 nitrogen and oxygen atoms in total. The van der Waals surface area contributed by atoms with E-state index in [0.717, 1.165) is 12.7 Å². The van der Waals surface area contributed by atoms with Crippen LogP contribution in [0.25, 0.3) is 0 Å². The van der Waals surface area contributed by atoms with E-state index < -0.39 is 0 Å². The lowest BCUT2D eigenvalue weighted by Gasteiger charge is -2.18. The van der Waals surface area contributed by atoms with Gasteiger partial charge in [-0.1, -0.05) is 36.7 Å². The van der Waals surface area contributed by atoms with Crippen molar-refractivity contribution in [2.24, 2.45) is 11.8 Å². The van der Waals surface area contributed by atoms with Gasteiger partial charge in [0.05, 0.1) is 0 Å². The van der Waals surface area contributed by atoms with Gasteiger partial charge in [0, 0.05) is 10.7 Å². The van der Waals surface area contributed by atoms with E-state index in [1.165, 1.54) is 0 Å². The van der Waals surface area contributed by atoms with Crippen molar-refractivity contribution in [1.82, 2.24) is 0 Å². The maximum absolute atomic E-state index is 10.3. The number of carbonyl (C=O) groups excluding carboxylic acids is 1. The Morgan fingerprint density at radius 1 is 1.50 bits per heavy atom. The summed E-state index contributed by atoms with van der Waals surface area (Å²) < 4.78 is 0. The highest BCUT2D eigenvalue weighted by Crippen LogP contribution is 2.22. The van der Waals surface area contributed by atoms with Gasteiger partial charge in [-0.3, -0.25) is 0 Å². The molecule has 0 aliphatic rings. The van der Waals surface area contributed by atoms with E-state index in [1.807, 2.05) is 6.92 Å². The number of carbonyl (C=O) groups is 1. The Hall–Kier alpha value is 0.150. The van der Waals surface area contributed by atoms with Gasteiger partial charge < -0.3 is 4.79 Å². The first-order chi connectivity index (χ1) is 4.63. The van der Waals surface area contributed by atoms with Gasteiger partial charge in [-0.05, 0) is 12.3 Å². The van der Waals surface area contributed by atoms with Gasteiger partial charge in [0.15, 0.2) is 0 Å². The molecule has 0 aromatic heterocycles. The number of aldehydes is 1. The number of alkyl halides is 1. The molecular formula is C8H15BrO. The lowest BCUT2D eigenvalue weighted by Crippen LogP contribution is -2.18. The first-order valence-corrected chi connectivity index (χ1v) is 4.64. The molecule has 2 heteroatoms. The fraction of sp³-hybridized carbons (Fsp3) is 0.875. The third-order valence-corrected chi connectivity index (χ3v) is 3.49. The van der Waals surface area contributed by atoms with Crippen LogP contribution in [-0.4, -0.2) is 11.1 Å². The molecule has 0 amide bonds. The Kier molecular flexibility index (Phi) is 4.96. The largest absolute Gasteiger partial charge is 0.303 e. The molecule has 10 heavy (non-hydrogen) atoms. The first-order valence-electron chi connectivity index (χ1n) is 3.72. The van der Waals surface area contributed by atoms with Crippen LogP contribution in [0.3, 0.4) is 0 Å². The van der Waals surface area contributed by atoms with Crippen molar-refractivity contribution in [3.05, 3.63) is 0 Å². The Morgan fingerprint density at radius 3 is 2.30 bits per heavy atom. The zero-order valence-electron chi connectivity index (χ0n) is 6.80. The SMILES string of the molecule is CC[C@H](Br)[C@@H](C)[C@H](C)C=O. The summed E-state index contributed by atoms with van der Waals surface area (Å²) in [5, 5.41) is 0. The van der Waals surface area contributed by atoms with Crippen LogP contribution in [0.2, 0.25) is 0 Å². The van der Waals surface area contributed by atoms with Crippen LogP contribution in [0.1, 0.15) is 27.2 Å². The molecule has 0 N–H and O–H groups in total. The van der Waals surface area contributed by atoms with Gasteiger partial charge in [-0.25, -0.2) is 0 Å². The summed E-state index contributed by atoms with van der Waals surface area (Å²) in [5.74, 6) is 0.617. The van der Waals surface area contributed by atoms with E-state index >= 15 is 0 Å². The Balaban J connectivity index is 3.80. The van der Waals surface area contributed by atoms with Crippen LogP contribution in [0.5, 0.6) is 0 Å². The second kappa shape index (κ2) is 4.89. The van der Waals surface area contributed by atoms with Crippen molar-refractivity contribution >= 4 is 22.2 Å². The number of rotatable bonds is 4. The third kappa shape index (κ3) is 2.82. The zero-order valence-corrected chi connectivity index (χ0v) is 8.39. The topological polar surface area (TPSA) is 17.1 Å². The van der Waals surface area contributed by atoms with Crippen molar-refractivity contribution in [2.75, 3.05) is 0 Å². The molecule has 0 aliphatic carbocycles. The number of hydrogen-bond acceptors (Lipinski definition) is 1. The molecule has 0 saturated carbocycles. The molecule has 0 heterocycles. The van der Waals surface area contributed by atoms with Crippen LogP contribution < -0.4 is 0 Å². The molecular weight excluding hydrogens is 192 g/mol. The fourth-order valence-corrected chi connectivity index (χ4v) is 1.31. The molecule has 0 fully saturated rings. The zero-order chi connectivity index (χ0) is 8.15. The van der Waals surface area contributed by atoms with E-state index in [-0.39, 0.29) is 5.92 Å². The van der Waals surface area contributed by atoms with Crippen LogP contribution in [0.15, 0.2) is 0 Å². The average Bonchev–Trinajstić information content (AvgIpc) is 2.00. The standard InChI is InChI=1S/C8H15BrO/c1-4-8(9)7(3)6(2)5-10/h5-8H,4H2,1-3H3/t6-,7+,8+/m1/s1. The Morgan fingerprint density at radius 2 is 2.00 bits per heavy atom. The van der Waals surface area contributed by atoms with Crippen molar-refractivity contribution in [2.45, 2.75) is 32.0 Å². The Labute approximate surface area is 71.3 Å². The van der Waals surface area contributed by atoms with Crippen LogP contribution in [0, 0.1) is 11.8 Å². The molecule has 0 spiro atoms. The quantitative estimate of drug-likeness (QED) is 0.511. The van der Waals surface area contributed by atoms with Gasteiger partial charge in [-0.2, -0.15) is 0 Å². The summed E-state index contributed by atoms with van der Waals surface area (Å²) in [6, 6.07) is 0. The van der Waals surface area contributed by atoms with Gasteiger partial charge in [0.2, 0.25) is 0 Å². The highest BCUT2D eigenvalue weighted by atomic mass is 79.9. The second-order valence-corrected chi connectivity index (χ2v) is 3.95. The summed E-state index contributed by atoms with van der Waals surface area (Å²) >= 11 is 3.52. The maximum Gasteiger partial charge on any atom is 0.123 e. The second-order valence-electron chi connectivity index (χ2n) is 2.78. The molecule has 0 aliphatic heterocycles. The number of hydrogen-bond donors (Lipinski definition) is 0. The molecule has 0 unspecified atom stereocenters. The lowest BCUT2D eigenvalue weighted by atomic mass is 9.93. The molecule has 0 aromatic carbocycles. The molecule has 0 radical (unpaired) electrons. The summed E-state index contributed by atoms with van der Waals surface area (Å²) in [7, 11) is 0. The molecule has 0 saturated heterocycles. The smallest absolute Gasteiger partial charge is 0.123 e. The molecule has 60 valence electrons. The van der Waals surface area contributed by atoms with E-state index in [9.17, 15) is 4.79 Å². The molecule has 3 atom stereocenters. The predicted octanol–water partition coefficient (Wildman–Crippen LogP) is 2.63. The minimum Gasteiger partial charge on any atom is -0.303 e. The average molecular weight is 207 g/mol. The highest BCUT2D eigenvalue weighted by molar-refractivity contribution is 9.09. The van der Waals surface area contributed by atoms with Gasteiger partial charge in [-0.15, -0.1) is 0 Å². The van der Waals surface area contributed by atoms with Crippen molar-refractivity contribution in [3.63, 3.8) is 0 Å². The summed E-state index contributed by atoms with van der Waals surface area (Å²) in [4.78, 5) is 10.8. The van der Waals surface area contributed by atoms with Crippen molar-refractivity contribution < 1.29 is 4.79 Å². The van der Waals surface area contributed by atoms with Crippen molar-refractivity contribution in [1.29, 1.82) is 0 Å². The Bertz CT molecular complexity index is 103. The predicted molar refractivity (Wildman–Crippen MR) is 47.4 cm³/mol. The van der Waals surface area contributed by atoms with Crippen LogP contribution >= 0.6 is 15.9 Å². The fourth-order valence-electron chi connectivity index (χ4n) is 0.825. The van der Waals surface area contributed by atoms with Crippen molar-refractivity contribution in [3.8, 4) is 0 Å². The normalized spacial score (nSPS) is 19.6.